The van der Waals surface area contributed by atoms with Gasteiger partial charge in [0.05, 0.1) is 0 Å². The summed E-state index contributed by atoms with van der Waals surface area (Å²) in [6, 6.07) is 10.7. The minimum Gasteiger partial charge on any atom is -0.378 e. The van der Waals surface area contributed by atoms with Gasteiger partial charge in [0.15, 0.2) is 0 Å². The molecule has 0 saturated heterocycles. The third-order valence-corrected chi connectivity index (χ3v) is 4.63. The van der Waals surface area contributed by atoms with Gasteiger partial charge in [0.2, 0.25) is 11.9 Å². The van der Waals surface area contributed by atoms with Crippen LogP contribution in [0.1, 0.15) is 12.5 Å². The van der Waals surface area contributed by atoms with Gasteiger partial charge in [-0.3, -0.25) is 0 Å². The molecule has 2 N–H and O–H groups in total. The number of rotatable bonds is 8. The Labute approximate surface area is 169 Å². The normalized spacial score (nSPS) is 13.7. The summed E-state index contributed by atoms with van der Waals surface area (Å²) < 4.78 is 28.7. The van der Waals surface area contributed by atoms with E-state index >= 15 is 0 Å². The molecule has 5 nitrogen and oxygen atoms in total. The molecule has 2 aromatic rings. The van der Waals surface area contributed by atoms with E-state index in [1.807, 2.05) is 50.2 Å². The number of amides is 1. The first-order valence-corrected chi connectivity index (χ1v) is 9.52. The number of nitrogens with one attached hydrogen (secondary N) is 2. The highest BCUT2D eigenvalue weighted by molar-refractivity contribution is 6.25. The summed E-state index contributed by atoms with van der Waals surface area (Å²) in [7, 11) is 3.88. The molecule has 1 aliphatic heterocycles. The monoisotopic (exact) mass is 399 g/mol. The second-order valence-corrected chi connectivity index (χ2v) is 6.94. The van der Waals surface area contributed by atoms with Crippen LogP contribution in [0.2, 0.25) is 0 Å². The van der Waals surface area contributed by atoms with E-state index in [1.54, 1.807) is 6.21 Å². The van der Waals surface area contributed by atoms with Gasteiger partial charge in [-0.2, -0.15) is 0 Å². The fraction of sp³-hybridized carbons (Fsp3) is 0.273. The molecular weight excluding hydrogens is 374 g/mol. The number of anilines is 1. The summed E-state index contributed by atoms with van der Waals surface area (Å²) in [5.74, 6) is -1.79. The largest absolute Gasteiger partial charge is 0.428 e. The Morgan fingerprint density at radius 2 is 1.66 bits per heavy atom. The fourth-order valence-electron chi connectivity index (χ4n) is 3.16. The summed E-state index contributed by atoms with van der Waals surface area (Å²) >= 11 is 0. The predicted octanol–water partition coefficient (Wildman–Crippen LogP) is 2.90. The quantitative estimate of drug-likeness (QED) is 0.529. The number of nitrogens with zero attached hydrogens (tertiary/aromatic N) is 2. The van der Waals surface area contributed by atoms with Gasteiger partial charge >= 0.3 is 5.91 Å². The van der Waals surface area contributed by atoms with Gasteiger partial charge < -0.3 is 15.5 Å². The Morgan fingerprint density at radius 3 is 2.24 bits per heavy atom. The number of benzene rings is 2. The van der Waals surface area contributed by atoms with Crippen LogP contribution in [0, 0.1) is 11.6 Å². The molecule has 7 heteroatoms. The van der Waals surface area contributed by atoms with Crippen LogP contribution in [0.5, 0.6) is 0 Å². The van der Waals surface area contributed by atoms with Crippen molar-refractivity contribution in [2.24, 2.45) is 0 Å². The van der Waals surface area contributed by atoms with Gasteiger partial charge in [0.1, 0.15) is 22.9 Å². The predicted molar refractivity (Wildman–Crippen MR) is 112 cm³/mol. The molecule has 0 bridgehead atoms. The Bertz CT molecular complexity index is 945. The molecular formula is C22H25F2N4O+. The molecule has 0 fully saturated rings. The summed E-state index contributed by atoms with van der Waals surface area (Å²) in [6.07, 6.45) is 1.59. The fourth-order valence-corrected chi connectivity index (χ4v) is 3.16. The van der Waals surface area contributed by atoms with Crippen LogP contribution < -0.4 is 15.5 Å². The lowest BCUT2D eigenvalue weighted by Gasteiger charge is -2.13. The van der Waals surface area contributed by atoms with Crippen molar-refractivity contribution in [2.75, 3.05) is 38.6 Å². The molecule has 0 unspecified atom stereocenters. The zero-order chi connectivity index (χ0) is 21.0. The molecule has 1 aliphatic rings. The van der Waals surface area contributed by atoms with Crippen LogP contribution in [0.15, 0.2) is 48.2 Å². The Balaban J connectivity index is 1.97. The van der Waals surface area contributed by atoms with Crippen LogP contribution >= 0.6 is 0 Å². The van der Waals surface area contributed by atoms with Gasteiger partial charge in [0.25, 0.3) is 0 Å². The van der Waals surface area contributed by atoms with Crippen LogP contribution in [0.4, 0.5) is 20.2 Å². The smallest absolute Gasteiger partial charge is 0.378 e. The Hall–Kier alpha value is -3.06. The third kappa shape index (κ3) is 4.68. The number of hydrogen-bond donors (Lipinski definition) is 2. The number of hydrogen-bond acceptors (Lipinski definition) is 4. The molecule has 0 aromatic heterocycles. The van der Waals surface area contributed by atoms with Gasteiger partial charge in [-0.1, -0.05) is 19.1 Å². The van der Waals surface area contributed by atoms with Gasteiger partial charge in [-0.25, -0.2) is 13.6 Å². The van der Waals surface area contributed by atoms with Crippen molar-refractivity contribution >= 4 is 29.1 Å². The molecule has 0 spiro atoms. The second kappa shape index (κ2) is 8.96. The number of carbonyl (C=O) groups is 1. The van der Waals surface area contributed by atoms with E-state index in [9.17, 15) is 13.6 Å². The number of allylic oxidation sites excluding steroid dienone is 1. The van der Waals surface area contributed by atoms with Gasteiger partial charge in [0, 0.05) is 51.1 Å². The summed E-state index contributed by atoms with van der Waals surface area (Å²) in [6.45, 7) is 4.19. The summed E-state index contributed by atoms with van der Waals surface area (Å²) in [4.78, 5) is 15.1. The van der Waals surface area contributed by atoms with Crippen molar-refractivity contribution in [2.45, 2.75) is 6.92 Å². The standard InChI is InChI=1S/C22H24F2N4O/c1-4-25-9-10-26-20-14-28(19-12-16(23)11-17(24)13-19)22(29)21(20)15-5-7-18(8-6-15)27(2)3/h5-8,11-14,25H,4,9-10H2,1-3H3/p+1. The maximum atomic E-state index is 13.7. The highest BCUT2D eigenvalue weighted by Crippen LogP contribution is 2.29. The van der Waals surface area contributed by atoms with E-state index in [0.29, 0.717) is 17.8 Å². The van der Waals surface area contributed by atoms with Crippen molar-refractivity contribution in [3.63, 3.8) is 0 Å². The zero-order valence-electron chi connectivity index (χ0n) is 16.8. The number of likely N-dealkylation sites (N-methyl/N-ethyl adjacent to an activating group) is 1. The molecule has 0 radical (unpaired) electrons. The summed E-state index contributed by atoms with van der Waals surface area (Å²) in [5.41, 5.74) is 2.99. The Kier molecular flexibility index (Phi) is 6.39. The highest BCUT2D eigenvalue weighted by Gasteiger charge is 2.36. The van der Waals surface area contributed by atoms with Crippen LogP contribution in [0.25, 0.3) is 5.57 Å². The van der Waals surface area contributed by atoms with E-state index in [-0.39, 0.29) is 11.6 Å². The van der Waals surface area contributed by atoms with Crippen LogP contribution in [-0.4, -0.2) is 50.4 Å². The maximum Gasteiger partial charge on any atom is 0.428 e. The lowest BCUT2D eigenvalue weighted by atomic mass is 10.0. The number of carbonyl (C=O) groups excluding carboxylic acids is 1. The van der Waals surface area contributed by atoms with Crippen molar-refractivity contribution in [1.82, 2.24) is 10.6 Å². The average molecular weight is 399 g/mol. The van der Waals surface area contributed by atoms with Crippen LogP contribution in [-0.2, 0) is 4.79 Å². The molecule has 1 amide bonds. The number of halogens is 2. The molecule has 152 valence electrons. The SMILES string of the molecule is CCNCCNC1=C(c2ccc(N(C)C)cc2)C(=O)[N+](c2cc(F)cc(F)c2)=C1. The second-order valence-electron chi connectivity index (χ2n) is 6.94. The molecule has 0 saturated carbocycles. The highest BCUT2D eigenvalue weighted by atomic mass is 19.1. The Morgan fingerprint density at radius 1 is 1.00 bits per heavy atom. The van der Waals surface area contributed by atoms with Crippen molar-refractivity contribution in [1.29, 1.82) is 0 Å². The van der Waals surface area contributed by atoms with Gasteiger partial charge in [-0.05, 0) is 24.2 Å². The first-order valence-electron chi connectivity index (χ1n) is 9.52. The molecule has 0 atom stereocenters. The summed E-state index contributed by atoms with van der Waals surface area (Å²) in [5, 5.41) is 6.48. The zero-order valence-corrected chi connectivity index (χ0v) is 16.8. The van der Waals surface area contributed by atoms with E-state index in [0.717, 1.165) is 42.5 Å². The van der Waals surface area contributed by atoms with E-state index in [1.165, 1.54) is 4.58 Å². The average Bonchev–Trinajstić information content (AvgIpc) is 3.01. The van der Waals surface area contributed by atoms with E-state index in [2.05, 4.69) is 10.6 Å². The molecule has 2 aromatic carbocycles. The minimum absolute atomic E-state index is 0.151. The van der Waals surface area contributed by atoms with Crippen molar-refractivity contribution in [3.8, 4) is 0 Å². The third-order valence-electron chi connectivity index (χ3n) is 4.63. The molecule has 29 heavy (non-hydrogen) atoms. The molecule has 1 heterocycles. The first kappa shape index (κ1) is 20.7. The first-order chi connectivity index (χ1) is 13.9. The molecule has 3 rings (SSSR count). The maximum absolute atomic E-state index is 13.7. The van der Waals surface area contributed by atoms with Gasteiger partial charge in [-0.15, -0.1) is 4.58 Å². The minimum atomic E-state index is -0.730. The van der Waals surface area contributed by atoms with Crippen molar-refractivity contribution in [3.05, 3.63) is 65.4 Å². The van der Waals surface area contributed by atoms with E-state index < -0.39 is 11.6 Å². The van der Waals surface area contributed by atoms with Crippen LogP contribution in [0.3, 0.4) is 0 Å². The van der Waals surface area contributed by atoms with Crippen molar-refractivity contribution < 1.29 is 18.2 Å². The topological polar surface area (TPSA) is 47.4 Å². The molecule has 0 aliphatic carbocycles. The lowest BCUT2D eigenvalue weighted by molar-refractivity contribution is -0.352. The van der Waals surface area contributed by atoms with E-state index in [4.69, 9.17) is 0 Å². The lowest BCUT2D eigenvalue weighted by Crippen LogP contribution is -2.27.